The molecule has 0 aliphatic carbocycles. The maximum Gasteiger partial charge on any atom is 0.189 e. The van der Waals surface area contributed by atoms with E-state index in [9.17, 15) is 4.79 Å². The van der Waals surface area contributed by atoms with Gasteiger partial charge in [-0.15, -0.1) is 0 Å². The quantitative estimate of drug-likeness (QED) is 0.550. The molecule has 5 rings (SSSR count). The van der Waals surface area contributed by atoms with Gasteiger partial charge in [-0.2, -0.15) is 0 Å². The van der Waals surface area contributed by atoms with Crippen molar-refractivity contribution in [2.45, 2.75) is 20.0 Å². The van der Waals surface area contributed by atoms with E-state index in [2.05, 4.69) is 20.9 Å². The number of hydrogen-bond donors (Lipinski definition) is 1. The maximum atomic E-state index is 12.5. The molecule has 0 amide bonds. The lowest BCUT2D eigenvalue weighted by molar-refractivity contribution is 0.871. The molecule has 0 bridgehead atoms. The number of hydrogen-bond acceptors (Lipinski definition) is 5. The molecule has 3 aromatic heterocycles. The van der Waals surface area contributed by atoms with Crippen molar-refractivity contribution in [2.75, 3.05) is 10.6 Å². The summed E-state index contributed by atoms with van der Waals surface area (Å²) >= 11 is 6.61. The number of fused-ring (bicyclic) bond motifs is 2. The highest BCUT2D eigenvalue weighted by Crippen LogP contribution is 2.35. The third-order valence-electron chi connectivity index (χ3n) is 5.36. The molecule has 7 heteroatoms. The van der Waals surface area contributed by atoms with Crippen molar-refractivity contribution in [3.05, 3.63) is 87.1 Å². The van der Waals surface area contributed by atoms with Crippen LogP contribution >= 0.6 is 11.6 Å². The molecule has 29 heavy (non-hydrogen) atoms. The first-order valence-corrected chi connectivity index (χ1v) is 9.64. The molecule has 0 fully saturated rings. The summed E-state index contributed by atoms with van der Waals surface area (Å²) in [6.45, 7) is 3.38. The first-order valence-electron chi connectivity index (χ1n) is 9.26. The standard InChI is InChI=1S/C22H18ClN5O/c1-13-7-22(24)26-10-20(13)28-6-4-21(29)15-8-16(23)19(9-18(15)28)27-11-14-3-2-5-25-17(14)12-27/h2-10H,11-12H2,1H3,(H2,24,26). The molecular formula is C22H18ClN5O. The fourth-order valence-corrected chi connectivity index (χ4v) is 4.19. The molecule has 1 aliphatic rings. The molecule has 0 saturated carbocycles. The zero-order chi connectivity index (χ0) is 20.1. The van der Waals surface area contributed by atoms with Gasteiger partial charge in [0.2, 0.25) is 0 Å². The van der Waals surface area contributed by atoms with Gasteiger partial charge < -0.3 is 15.2 Å². The zero-order valence-electron chi connectivity index (χ0n) is 15.8. The lowest BCUT2D eigenvalue weighted by Crippen LogP contribution is -2.16. The van der Waals surface area contributed by atoms with E-state index >= 15 is 0 Å². The minimum atomic E-state index is -0.0721. The molecule has 4 aromatic rings. The van der Waals surface area contributed by atoms with E-state index in [0.717, 1.165) is 34.7 Å². The van der Waals surface area contributed by atoms with E-state index in [1.807, 2.05) is 29.7 Å². The van der Waals surface area contributed by atoms with Crippen LogP contribution in [0.25, 0.3) is 16.6 Å². The number of benzene rings is 1. The van der Waals surface area contributed by atoms with Crippen LogP contribution in [0.15, 0.2) is 59.8 Å². The normalized spacial score (nSPS) is 13.1. The fraction of sp³-hybridized carbons (Fsp3) is 0.136. The number of nitrogens with zero attached hydrogens (tertiary/aromatic N) is 4. The van der Waals surface area contributed by atoms with Gasteiger partial charge >= 0.3 is 0 Å². The van der Waals surface area contributed by atoms with Crippen molar-refractivity contribution < 1.29 is 0 Å². The van der Waals surface area contributed by atoms with Crippen molar-refractivity contribution in [3.63, 3.8) is 0 Å². The number of anilines is 2. The maximum absolute atomic E-state index is 12.5. The monoisotopic (exact) mass is 403 g/mol. The smallest absolute Gasteiger partial charge is 0.189 e. The van der Waals surface area contributed by atoms with Crippen LogP contribution in [-0.2, 0) is 13.1 Å². The highest BCUT2D eigenvalue weighted by Gasteiger charge is 2.23. The summed E-state index contributed by atoms with van der Waals surface area (Å²) in [7, 11) is 0. The fourth-order valence-electron chi connectivity index (χ4n) is 3.91. The van der Waals surface area contributed by atoms with Crippen LogP contribution in [0.3, 0.4) is 0 Å². The van der Waals surface area contributed by atoms with Gasteiger partial charge in [0.1, 0.15) is 5.82 Å². The van der Waals surface area contributed by atoms with Gasteiger partial charge in [-0.3, -0.25) is 9.78 Å². The van der Waals surface area contributed by atoms with Crippen LogP contribution in [0.2, 0.25) is 5.02 Å². The molecule has 6 nitrogen and oxygen atoms in total. The average molecular weight is 404 g/mol. The number of aromatic nitrogens is 3. The Morgan fingerprint density at radius 1 is 1.10 bits per heavy atom. The molecule has 144 valence electrons. The van der Waals surface area contributed by atoms with Crippen molar-refractivity contribution in [2.24, 2.45) is 0 Å². The third kappa shape index (κ3) is 2.93. The molecule has 4 heterocycles. The Morgan fingerprint density at radius 3 is 2.76 bits per heavy atom. The number of nitrogens with two attached hydrogens (primary N) is 1. The molecule has 0 spiro atoms. The van der Waals surface area contributed by atoms with E-state index in [1.165, 1.54) is 5.56 Å². The number of pyridine rings is 3. The van der Waals surface area contributed by atoms with Gasteiger partial charge in [0.25, 0.3) is 0 Å². The van der Waals surface area contributed by atoms with E-state index < -0.39 is 0 Å². The van der Waals surface area contributed by atoms with Crippen molar-refractivity contribution in [1.29, 1.82) is 0 Å². The van der Waals surface area contributed by atoms with Crippen molar-refractivity contribution in [1.82, 2.24) is 14.5 Å². The SMILES string of the molecule is Cc1cc(N)ncc1-n1ccc(=O)c2cc(Cl)c(N3Cc4cccnc4C3)cc21. The van der Waals surface area contributed by atoms with Crippen LogP contribution in [0.5, 0.6) is 0 Å². The first kappa shape index (κ1) is 17.7. The molecular weight excluding hydrogens is 386 g/mol. The van der Waals surface area contributed by atoms with Crippen molar-refractivity contribution in [3.8, 4) is 5.69 Å². The summed E-state index contributed by atoms with van der Waals surface area (Å²) < 4.78 is 1.96. The molecule has 0 atom stereocenters. The second-order valence-electron chi connectivity index (χ2n) is 7.23. The van der Waals surface area contributed by atoms with E-state index in [1.54, 1.807) is 30.7 Å². The lowest BCUT2D eigenvalue weighted by Gasteiger charge is -2.21. The molecule has 0 unspecified atom stereocenters. The predicted molar refractivity (Wildman–Crippen MR) is 116 cm³/mol. The van der Waals surface area contributed by atoms with E-state index in [-0.39, 0.29) is 5.43 Å². The Bertz CT molecular complexity index is 1310. The summed E-state index contributed by atoms with van der Waals surface area (Å²) in [6.07, 6.45) is 5.29. The first-order chi connectivity index (χ1) is 14.0. The van der Waals surface area contributed by atoms with Crippen LogP contribution < -0.4 is 16.1 Å². The minimum Gasteiger partial charge on any atom is -0.384 e. The Kier molecular flexibility index (Phi) is 4.03. The molecule has 0 saturated heterocycles. The lowest BCUT2D eigenvalue weighted by atomic mass is 10.1. The Morgan fingerprint density at radius 2 is 1.97 bits per heavy atom. The van der Waals surface area contributed by atoms with E-state index in [4.69, 9.17) is 17.3 Å². The van der Waals surface area contributed by atoms with Gasteiger partial charge in [0.15, 0.2) is 5.43 Å². The second-order valence-corrected chi connectivity index (χ2v) is 7.64. The highest BCUT2D eigenvalue weighted by molar-refractivity contribution is 6.34. The largest absolute Gasteiger partial charge is 0.384 e. The van der Waals surface area contributed by atoms with Gasteiger partial charge in [0, 0.05) is 30.4 Å². The minimum absolute atomic E-state index is 0.0721. The van der Waals surface area contributed by atoms with Gasteiger partial charge in [0.05, 0.1) is 40.3 Å². The van der Waals surface area contributed by atoms with Crippen molar-refractivity contribution >= 4 is 34.0 Å². The second kappa shape index (κ2) is 6.60. The average Bonchev–Trinajstić information content (AvgIpc) is 3.13. The molecule has 1 aliphatic heterocycles. The van der Waals surface area contributed by atoms with Crippen LogP contribution in [0, 0.1) is 6.92 Å². The van der Waals surface area contributed by atoms with Crippen LogP contribution in [0.4, 0.5) is 11.5 Å². The van der Waals surface area contributed by atoms with Gasteiger partial charge in [-0.25, -0.2) is 4.98 Å². The number of nitrogen functional groups attached to an aromatic ring is 1. The summed E-state index contributed by atoms with van der Waals surface area (Å²) in [6, 6.07) is 11.1. The Labute approximate surface area is 172 Å². The topological polar surface area (TPSA) is 77.0 Å². The Balaban J connectivity index is 1.70. The number of halogens is 1. The Hall–Kier alpha value is -3.38. The molecule has 0 radical (unpaired) electrons. The predicted octanol–water partition coefficient (Wildman–Crippen LogP) is 3.84. The molecule has 2 N–H and O–H groups in total. The number of rotatable bonds is 2. The van der Waals surface area contributed by atoms with Crippen LogP contribution in [0.1, 0.15) is 16.8 Å². The summed E-state index contributed by atoms with van der Waals surface area (Å²) in [4.78, 5) is 23.4. The summed E-state index contributed by atoms with van der Waals surface area (Å²) in [5.41, 5.74) is 11.5. The van der Waals surface area contributed by atoms with Crippen LogP contribution in [-0.4, -0.2) is 14.5 Å². The zero-order valence-corrected chi connectivity index (χ0v) is 16.5. The number of aryl methyl sites for hydroxylation is 1. The third-order valence-corrected chi connectivity index (χ3v) is 5.66. The summed E-state index contributed by atoms with van der Waals surface area (Å²) in [5.74, 6) is 0.461. The van der Waals surface area contributed by atoms with Gasteiger partial charge in [-0.1, -0.05) is 17.7 Å². The highest BCUT2D eigenvalue weighted by atomic mass is 35.5. The van der Waals surface area contributed by atoms with E-state index in [0.29, 0.717) is 22.8 Å². The molecule has 1 aromatic carbocycles. The summed E-state index contributed by atoms with van der Waals surface area (Å²) in [5, 5.41) is 1.11. The van der Waals surface area contributed by atoms with Gasteiger partial charge in [-0.05, 0) is 42.3 Å².